The van der Waals surface area contributed by atoms with Crippen LogP contribution in [0.15, 0.2) is 60.0 Å². The van der Waals surface area contributed by atoms with Crippen molar-refractivity contribution in [2.45, 2.75) is 19.9 Å². The largest absolute Gasteiger partial charge is 0.340 e. The van der Waals surface area contributed by atoms with E-state index in [1.807, 2.05) is 0 Å². The van der Waals surface area contributed by atoms with Crippen LogP contribution in [0.1, 0.15) is 33.9 Å². The number of nitrogens with one attached hydrogen (secondary N) is 3. The molecular formula is C23H21F2N3O3S. The fraction of sp³-hybridized carbons (Fsp3) is 0.174. The summed E-state index contributed by atoms with van der Waals surface area (Å²) < 4.78 is 27.8. The zero-order chi connectivity index (χ0) is 23.3. The quantitative estimate of drug-likeness (QED) is 0.482. The van der Waals surface area contributed by atoms with Gasteiger partial charge in [0, 0.05) is 11.4 Å². The van der Waals surface area contributed by atoms with Crippen molar-refractivity contribution in [3.63, 3.8) is 0 Å². The summed E-state index contributed by atoms with van der Waals surface area (Å²) in [5.41, 5.74) is 0.111. The first-order valence-corrected chi connectivity index (χ1v) is 10.6. The molecule has 3 aromatic rings. The fourth-order valence-corrected chi connectivity index (χ4v) is 3.58. The number of hydrogen-bond acceptors (Lipinski definition) is 4. The Morgan fingerprint density at radius 2 is 1.47 bits per heavy atom. The first kappa shape index (κ1) is 23.1. The van der Waals surface area contributed by atoms with Gasteiger partial charge in [0.2, 0.25) is 5.91 Å². The van der Waals surface area contributed by atoms with Crippen LogP contribution in [-0.2, 0) is 4.79 Å². The van der Waals surface area contributed by atoms with Crippen LogP contribution in [0, 0.1) is 17.6 Å². The molecule has 1 aromatic heterocycles. The van der Waals surface area contributed by atoms with Crippen LogP contribution in [0.5, 0.6) is 0 Å². The first-order chi connectivity index (χ1) is 15.3. The SMILES string of the molecule is CC(C)C(NC(=O)c1c(F)cccc1F)C(=O)Nc1cccc(NC(=O)c2cccs2)c1. The number of anilines is 2. The number of carbonyl (C=O) groups excluding carboxylic acids is 3. The average molecular weight is 458 g/mol. The van der Waals surface area contributed by atoms with Gasteiger partial charge in [-0.05, 0) is 47.7 Å². The van der Waals surface area contributed by atoms with E-state index in [1.165, 1.54) is 11.3 Å². The zero-order valence-electron chi connectivity index (χ0n) is 17.3. The van der Waals surface area contributed by atoms with E-state index in [9.17, 15) is 23.2 Å². The predicted molar refractivity (Wildman–Crippen MR) is 120 cm³/mol. The van der Waals surface area contributed by atoms with Gasteiger partial charge in [-0.25, -0.2) is 8.78 Å². The van der Waals surface area contributed by atoms with Gasteiger partial charge in [0.1, 0.15) is 23.2 Å². The van der Waals surface area contributed by atoms with Crippen molar-refractivity contribution in [1.82, 2.24) is 5.32 Å². The summed E-state index contributed by atoms with van der Waals surface area (Å²) in [6.45, 7) is 3.39. The molecule has 0 saturated heterocycles. The van der Waals surface area contributed by atoms with Crippen molar-refractivity contribution in [3.8, 4) is 0 Å². The summed E-state index contributed by atoms with van der Waals surface area (Å²) >= 11 is 1.30. The van der Waals surface area contributed by atoms with E-state index in [2.05, 4.69) is 16.0 Å². The average Bonchev–Trinajstić information content (AvgIpc) is 3.27. The molecule has 0 aliphatic carbocycles. The van der Waals surface area contributed by atoms with Gasteiger partial charge in [-0.2, -0.15) is 0 Å². The molecule has 6 nitrogen and oxygen atoms in total. The van der Waals surface area contributed by atoms with Crippen LogP contribution in [0.2, 0.25) is 0 Å². The summed E-state index contributed by atoms with van der Waals surface area (Å²) in [4.78, 5) is 38.0. The Morgan fingerprint density at radius 1 is 0.844 bits per heavy atom. The number of carbonyl (C=O) groups is 3. The van der Waals surface area contributed by atoms with E-state index < -0.39 is 35.1 Å². The Bertz CT molecular complexity index is 1110. The summed E-state index contributed by atoms with van der Waals surface area (Å²) in [7, 11) is 0. The number of amides is 3. The van der Waals surface area contributed by atoms with Crippen molar-refractivity contribution < 1.29 is 23.2 Å². The normalized spacial score (nSPS) is 11.7. The van der Waals surface area contributed by atoms with E-state index in [1.54, 1.807) is 55.6 Å². The zero-order valence-corrected chi connectivity index (χ0v) is 18.1. The lowest BCUT2D eigenvalue weighted by molar-refractivity contribution is -0.118. The van der Waals surface area contributed by atoms with E-state index in [0.29, 0.717) is 16.3 Å². The monoisotopic (exact) mass is 457 g/mol. The van der Waals surface area contributed by atoms with E-state index in [0.717, 1.165) is 18.2 Å². The Labute approximate surface area is 187 Å². The highest BCUT2D eigenvalue weighted by atomic mass is 32.1. The minimum atomic E-state index is -1.05. The van der Waals surface area contributed by atoms with Gasteiger partial charge >= 0.3 is 0 Å². The molecule has 3 amide bonds. The topological polar surface area (TPSA) is 87.3 Å². The van der Waals surface area contributed by atoms with Gasteiger partial charge in [-0.3, -0.25) is 14.4 Å². The van der Waals surface area contributed by atoms with Gasteiger partial charge in [-0.15, -0.1) is 11.3 Å². The van der Waals surface area contributed by atoms with Crippen molar-refractivity contribution in [1.29, 1.82) is 0 Å². The highest BCUT2D eigenvalue weighted by molar-refractivity contribution is 7.12. The van der Waals surface area contributed by atoms with E-state index >= 15 is 0 Å². The standard InChI is InChI=1S/C23H21F2N3O3S/c1-13(2)20(28-22(30)19-16(24)8-4-9-17(19)25)23(31)27-15-7-3-6-14(12-15)26-21(29)18-10-5-11-32-18/h3-13,20H,1-2H3,(H,26,29)(H,27,31)(H,28,30). The molecule has 3 N–H and O–H groups in total. The summed E-state index contributed by atoms with van der Waals surface area (Å²) in [5, 5.41) is 9.60. The number of halogens is 2. The predicted octanol–water partition coefficient (Wildman–Crippen LogP) is 4.67. The third kappa shape index (κ3) is 5.55. The Kier molecular flexibility index (Phi) is 7.32. The number of thiophene rings is 1. The molecule has 9 heteroatoms. The second kappa shape index (κ2) is 10.1. The second-order valence-corrected chi connectivity index (χ2v) is 8.24. The molecule has 0 radical (unpaired) electrons. The Hall–Kier alpha value is -3.59. The lowest BCUT2D eigenvalue weighted by atomic mass is 10.0. The van der Waals surface area contributed by atoms with E-state index in [-0.39, 0.29) is 11.8 Å². The highest BCUT2D eigenvalue weighted by Crippen LogP contribution is 2.19. The third-order valence-corrected chi connectivity index (χ3v) is 5.43. The van der Waals surface area contributed by atoms with Gasteiger partial charge in [0.05, 0.1) is 4.88 Å². The minimum Gasteiger partial charge on any atom is -0.340 e. The molecule has 166 valence electrons. The summed E-state index contributed by atoms with van der Waals surface area (Å²) in [5.74, 6) is -4.25. The van der Waals surface area contributed by atoms with Crippen molar-refractivity contribution in [2.75, 3.05) is 10.6 Å². The fourth-order valence-electron chi connectivity index (χ4n) is 2.96. The molecule has 2 aromatic carbocycles. The van der Waals surface area contributed by atoms with Crippen LogP contribution in [0.4, 0.5) is 20.2 Å². The molecule has 0 aliphatic heterocycles. The van der Waals surface area contributed by atoms with Crippen molar-refractivity contribution in [3.05, 3.63) is 82.1 Å². The molecule has 0 bridgehead atoms. The molecule has 3 rings (SSSR count). The van der Waals surface area contributed by atoms with Crippen LogP contribution in [0.25, 0.3) is 0 Å². The lowest BCUT2D eigenvalue weighted by Gasteiger charge is -2.22. The first-order valence-electron chi connectivity index (χ1n) is 9.77. The Morgan fingerprint density at radius 3 is 2.06 bits per heavy atom. The highest BCUT2D eigenvalue weighted by Gasteiger charge is 2.27. The van der Waals surface area contributed by atoms with Crippen LogP contribution in [-0.4, -0.2) is 23.8 Å². The minimum absolute atomic E-state index is 0.275. The second-order valence-electron chi connectivity index (χ2n) is 7.29. The van der Waals surface area contributed by atoms with Gasteiger partial charge in [0.15, 0.2) is 0 Å². The molecule has 32 heavy (non-hydrogen) atoms. The molecular weight excluding hydrogens is 436 g/mol. The van der Waals surface area contributed by atoms with Crippen molar-refractivity contribution in [2.24, 2.45) is 5.92 Å². The number of hydrogen-bond donors (Lipinski definition) is 3. The maximum Gasteiger partial charge on any atom is 0.265 e. The van der Waals surface area contributed by atoms with Gasteiger partial charge < -0.3 is 16.0 Å². The lowest BCUT2D eigenvalue weighted by Crippen LogP contribution is -2.47. The summed E-state index contributed by atoms with van der Waals surface area (Å²) in [6.07, 6.45) is 0. The van der Waals surface area contributed by atoms with Crippen LogP contribution >= 0.6 is 11.3 Å². The van der Waals surface area contributed by atoms with E-state index in [4.69, 9.17) is 0 Å². The Balaban J connectivity index is 1.71. The molecule has 1 unspecified atom stereocenters. The van der Waals surface area contributed by atoms with Crippen LogP contribution < -0.4 is 16.0 Å². The van der Waals surface area contributed by atoms with Crippen molar-refractivity contribution >= 4 is 40.4 Å². The molecule has 0 fully saturated rings. The number of rotatable bonds is 7. The molecule has 0 aliphatic rings. The molecule has 0 saturated carbocycles. The maximum absolute atomic E-state index is 13.9. The molecule has 1 heterocycles. The summed E-state index contributed by atoms with van der Waals surface area (Å²) in [6, 6.07) is 12.0. The molecule has 0 spiro atoms. The van der Waals surface area contributed by atoms with Gasteiger partial charge in [-0.1, -0.05) is 32.0 Å². The maximum atomic E-state index is 13.9. The third-order valence-electron chi connectivity index (χ3n) is 4.56. The van der Waals surface area contributed by atoms with Gasteiger partial charge in [0.25, 0.3) is 11.8 Å². The number of benzene rings is 2. The molecule has 1 atom stereocenters. The van der Waals surface area contributed by atoms with Crippen LogP contribution in [0.3, 0.4) is 0 Å². The smallest absolute Gasteiger partial charge is 0.265 e.